The summed E-state index contributed by atoms with van der Waals surface area (Å²) in [4.78, 5) is 38.0. The third kappa shape index (κ3) is 7.21. The van der Waals surface area contributed by atoms with Crippen LogP contribution in [-0.4, -0.2) is 51.6 Å². The lowest BCUT2D eigenvalue weighted by atomic mass is 10.1. The van der Waals surface area contributed by atoms with Gasteiger partial charge in [0, 0.05) is 18.0 Å². The lowest BCUT2D eigenvalue weighted by molar-refractivity contribution is -0.113. The van der Waals surface area contributed by atoms with E-state index in [-0.39, 0.29) is 40.3 Å². The number of hydrogen-bond donors (Lipinski definition) is 1. The average Bonchev–Trinajstić information content (AvgIpc) is 3.39. The van der Waals surface area contributed by atoms with Gasteiger partial charge in [0.05, 0.1) is 24.5 Å². The van der Waals surface area contributed by atoms with Crippen LogP contribution < -0.4 is 5.32 Å². The lowest BCUT2D eigenvalue weighted by Crippen LogP contribution is -2.17. The maximum Gasteiger partial charge on any atom is 0.348 e. The van der Waals surface area contributed by atoms with Gasteiger partial charge >= 0.3 is 11.9 Å². The number of ether oxygens (including phenoxy) is 2. The highest BCUT2D eigenvalue weighted by atomic mass is 35.5. The number of aromatic nitrogens is 3. The van der Waals surface area contributed by atoms with Gasteiger partial charge in [0.1, 0.15) is 15.7 Å². The van der Waals surface area contributed by atoms with Gasteiger partial charge in [-0.3, -0.25) is 4.79 Å². The molecule has 0 unspecified atom stereocenters. The number of carbonyl (C=O) groups is 3. The number of nitrogens with one attached hydrogen (secondary N) is 1. The van der Waals surface area contributed by atoms with Crippen molar-refractivity contribution in [2.45, 2.75) is 38.9 Å². The molecule has 0 atom stereocenters. The Labute approximate surface area is 228 Å². The standard InChI is InChI=1S/C25H27ClN4O5S2/c1-5-12-30-18(13-16-8-10-17(26)11-9-16)28-29-25(30)36-14-19(31)27-22-20(23(32)34-6-2)15(4)21(37-22)24(33)35-7-3/h5,8-11H,1,6-7,12-14H2,2-4H3,(H,27,31). The predicted octanol–water partition coefficient (Wildman–Crippen LogP) is 5.16. The fraction of sp³-hybridized carbons (Fsp3) is 0.320. The minimum atomic E-state index is -0.618. The number of halogens is 1. The van der Waals surface area contributed by atoms with Crippen molar-refractivity contribution >= 4 is 57.5 Å². The Hall–Kier alpha value is -3.15. The van der Waals surface area contributed by atoms with Crippen LogP contribution in [0.2, 0.25) is 5.02 Å². The Kier molecular flexibility index (Phi) is 10.3. The zero-order valence-electron chi connectivity index (χ0n) is 20.7. The molecule has 0 saturated heterocycles. The molecule has 1 amide bonds. The number of amides is 1. The number of rotatable bonds is 12. The molecule has 37 heavy (non-hydrogen) atoms. The monoisotopic (exact) mass is 562 g/mol. The van der Waals surface area contributed by atoms with Crippen molar-refractivity contribution in [3.8, 4) is 0 Å². The Bertz CT molecular complexity index is 1290. The molecular formula is C25H27ClN4O5S2. The second kappa shape index (κ2) is 13.4. The Morgan fingerprint density at radius 2 is 1.81 bits per heavy atom. The topological polar surface area (TPSA) is 112 Å². The van der Waals surface area contributed by atoms with Crippen LogP contribution in [0.25, 0.3) is 0 Å². The number of nitrogens with zero attached hydrogens (tertiary/aromatic N) is 3. The quantitative estimate of drug-likeness (QED) is 0.183. The molecule has 0 aliphatic rings. The number of anilines is 1. The van der Waals surface area contributed by atoms with E-state index in [0.29, 0.717) is 28.7 Å². The first-order chi connectivity index (χ1) is 17.8. The molecule has 0 saturated carbocycles. The summed E-state index contributed by atoms with van der Waals surface area (Å²) < 4.78 is 12.1. The summed E-state index contributed by atoms with van der Waals surface area (Å²) in [5.74, 6) is -0.824. The highest BCUT2D eigenvalue weighted by molar-refractivity contribution is 7.99. The van der Waals surface area contributed by atoms with Gasteiger partial charge in [-0.15, -0.1) is 28.1 Å². The smallest absolute Gasteiger partial charge is 0.348 e. The van der Waals surface area contributed by atoms with Crippen molar-refractivity contribution in [3.05, 3.63) is 69.3 Å². The first-order valence-corrected chi connectivity index (χ1v) is 13.6. The van der Waals surface area contributed by atoms with Crippen LogP contribution in [0.1, 0.15) is 50.8 Å². The van der Waals surface area contributed by atoms with Gasteiger partial charge in [0.2, 0.25) is 5.91 Å². The van der Waals surface area contributed by atoms with Crippen molar-refractivity contribution in [2.24, 2.45) is 0 Å². The van der Waals surface area contributed by atoms with E-state index in [0.717, 1.165) is 22.7 Å². The summed E-state index contributed by atoms with van der Waals surface area (Å²) >= 11 is 8.16. The van der Waals surface area contributed by atoms with Crippen LogP contribution >= 0.6 is 34.7 Å². The SMILES string of the molecule is C=CCn1c(Cc2ccc(Cl)cc2)nnc1SCC(=O)Nc1sc(C(=O)OCC)c(C)c1C(=O)OCC. The summed E-state index contributed by atoms with van der Waals surface area (Å²) in [7, 11) is 0. The minimum absolute atomic E-state index is 0.00414. The second-order valence-corrected chi connectivity index (χ2v) is 10.0. The third-order valence-corrected chi connectivity index (χ3v) is 7.46. The highest BCUT2D eigenvalue weighted by Crippen LogP contribution is 2.34. The van der Waals surface area contributed by atoms with Gasteiger partial charge in [-0.2, -0.15) is 0 Å². The molecule has 3 aromatic rings. The van der Waals surface area contributed by atoms with Crippen molar-refractivity contribution in [1.82, 2.24) is 14.8 Å². The van der Waals surface area contributed by atoms with Crippen LogP contribution in [0.5, 0.6) is 0 Å². The van der Waals surface area contributed by atoms with E-state index in [1.54, 1.807) is 26.8 Å². The molecule has 0 aliphatic heterocycles. The summed E-state index contributed by atoms with van der Waals surface area (Å²) in [6.07, 6.45) is 2.27. The molecular weight excluding hydrogens is 536 g/mol. The number of carbonyl (C=O) groups excluding carboxylic acids is 3. The maximum absolute atomic E-state index is 12.8. The highest BCUT2D eigenvalue weighted by Gasteiger charge is 2.27. The molecule has 0 radical (unpaired) electrons. The third-order valence-electron chi connectivity index (χ3n) is 5.05. The number of thiophene rings is 1. The van der Waals surface area contributed by atoms with Gasteiger partial charge in [-0.25, -0.2) is 9.59 Å². The Morgan fingerprint density at radius 1 is 1.14 bits per heavy atom. The number of hydrogen-bond acceptors (Lipinski definition) is 9. The van der Waals surface area contributed by atoms with Gasteiger partial charge < -0.3 is 19.4 Å². The average molecular weight is 563 g/mol. The minimum Gasteiger partial charge on any atom is -0.462 e. The molecule has 0 aliphatic carbocycles. The van der Waals surface area contributed by atoms with Crippen LogP contribution in [0.3, 0.4) is 0 Å². The number of allylic oxidation sites excluding steroid dienone is 1. The van der Waals surface area contributed by atoms with E-state index >= 15 is 0 Å². The molecule has 3 rings (SSSR count). The molecule has 1 N–H and O–H groups in total. The van der Waals surface area contributed by atoms with Crippen molar-refractivity contribution < 1.29 is 23.9 Å². The fourth-order valence-corrected chi connectivity index (χ4v) is 5.39. The Morgan fingerprint density at radius 3 is 2.46 bits per heavy atom. The first kappa shape index (κ1) is 28.4. The van der Waals surface area contributed by atoms with Gasteiger partial charge in [-0.05, 0) is 44.0 Å². The summed E-state index contributed by atoms with van der Waals surface area (Å²) in [6, 6.07) is 7.47. The zero-order valence-corrected chi connectivity index (χ0v) is 23.1. The number of esters is 2. The molecule has 0 bridgehead atoms. The van der Waals surface area contributed by atoms with Gasteiger partial charge in [0.15, 0.2) is 5.16 Å². The largest absolute Gasteiger partial charge is 0.462 e. The molecule has 9 nitrogen and oxygen atoms in total. The normalized spacial score (nSPS) is 10.7. The zero-order chi connectivity index (χ0) is 26.9. The summed E-state index contributed by atoms with van der Waals surface area (Å²) in [5, 5.41) is 12.7. The van der Waals surface area contributed by atoms with E-state index in [1.807, 2.05) is 28.8 Å². The summed E-state index contributed by atoms with van der Waals surface area (Å²) in [5.41, 5.74) is 1.57. The Balaban J connectivity index is 1.75. The molecule has 0 spiro atoms. The molecule has 12 heteroatoms. The molecule has 1 aromatic carbocycles. The predicted molar refractivity (Wildman–Crippen MR) is 145 cm³/mol. The molecule has 0 fully saturated rings. The van der Waals surface area contributed by atoms with E-state index in [2.05, 4.69) is 22.1 Å². The van der Waals surface area contributed by atoms with Crippen LogP contribution in [0.15, 0.2) is 42.1 Å². The van der Waals surface area contributed by atoms with Crippen molar-refractivity contribution in [1.29, 1.82) is 0 Å². The first-order valence-electron chi connectivity index (χ1n) is 11.5. The van der Waals surface area contributed by atoms with E-state index in [1.165, 1.54) is 11.8 Å². The number of benzene rings is 1. The van der Waals surface area contributed by atoms with Crippen LogP contribution in [0.4, 0.5) is 5.00 Å². The van der Waals surface area contributed by atoms with Crippen LogP contribution in [-0.2, 0) is 27.2 Å². The van der Waals surface area contributed by atoms with Crippen molar-refractivity contribution in [3.63, 3.8) is 0 Å². The maximum atomic E-state index is 12.8. The van der Waals surface area contributed by atoms with E-state index in [9.17, 15) is 14.4 Å². The van der Waals surface area contributed by atoms with Crippen molar-refractivity contribution in [2.75, 3.05) is 24.3 Å². The fourth-order valence-electron chi connectivity index (χ4n) is 3.39. The second-order valence-electron chi connectivity index (χ2n) is 7.64. The molecule has 2 heterocycles. The van der Waals surface area contributed by atoms with Gasteiger partial charge in [0.25, 0.3) is 0 Å². The number of thioether (sulfide) groups is 1. The summed E-state index contributed by atoms with van der Waals surface area (Å²) in [6.45, 7) is 9.62. The lowest BCUT2D eigenvalue weighted by Gasteiger charge is -2.09. The molecule has 196 valence electrons. The molecule has 2 aromatic heterocycles. The van der Waals surface area contributed by atoms with E-state index in [4.69, 9.17) is 21.1 Å². The van der Waals surface area contributed by atoms with Crippen LogP contribution in [0, 0.1) is 6.92 Å². The van der Waals surface area contributed by atoms with E-state index < -0.39 is 11.9 Å². The van der Waals surface area contributed by atoms with Gasteiger partial charge in [-0.1, -0.05) is 41.6 Å².